The van der Waals surface area contributed by atoms with Crippen molar-refractivity contribution in [1.29, 1.82) is 0 Å². The SMILES string of the molecule is C[C@@H]1CN(C2CCC2)CCN1C(=O)[C@@H]1C[C@H]1c1cccc(C(N)=O)c1. The second-order valence-corrected chi connectivity index (χ2v) is 7.90. The second-order valence-electron chi connectivity index (χ2n) is 7.90. The molecule has 3 fully saturated rings. The molecule has 3 aliphatic rings. The van der Waals surface area contributed by atoms with E-state index in [0.717, 1.165) is 37.7 Å². The highest BCUT2D eigenvalue weighted by Gasteiger charge is 2.47. The molecular formula is C20H27N3O2. The summed E-state index contributed by atoms with van der Waals surface area (Å²) in [6.07, 6.45) is 4.88. The third-order valence-corrected chi connectivity index (χ3v) is 6.24. The maximum atomic E-state index is 12.9. The molecule has 2 aliphatic carbocycles. The summed E-state index contributed by atoms with van der Waals surface area (Å²) < 4.78 is 0. The van der Waals surface area contributed by atoms with E-state index in [1.807, 2.05) is 18.2 Å². The van der Waals surface area contributed by atoms with E-state index in [0.29, 0.717) is 11.6 Å². The minimum Gasteiger partial charge on any atom is -0.366 e. The first-order valence-electron chi connectivity index (χ1n) is 9.49. The van der Waals surface area contributed by atoms with Gasteiger partial charge in [-0.15, -0.1) is 0 Å². The van der Waals surface area contributed by atoms with Crippen molar-refractivity contribution < 1.29 is 9.59 Å². The van der Waals surface area contributed by atoms with E-state index in [9.17, 15) is 9.59 Å². The summed E-state index contributed by atoms with van der Waals surface area (Å²) in [5.74, 6) is 0.186. The normalized spacial score (nSPS) is 30.0. The molecule has 25 heavy (non-hydrogen) atoms. The Kier molecular flexibility index (Phi) is 4.28. The lowest BCUT2D eigenvalue weighted by atomic mass is 9.90. The van der Waals surface area contributed by atoms with E-state index in [2.05, 4.69) is 16.7 Å². The number of amides is 2. The van der Waals surface area contributed by atoms with Crippen LogP contribution >= 0.6 is 0 Å². The Bertz CT molecular complexity index is 685. The number of piperazine rings is 1. The van der Waals surface area contributed by atoms with Crippen LogP contribution in [0.4, 0.5) is 0 Å². The summed E-state index contributed by atoms with van der Waals surface area (Å²) in [6.45, 7) is 5.04. The molecule has 1 saturated heterocycles. The topological polar surface area (TPSA) is 66.6 Å². The summed E-state index contributed by atoms with van der Waals surface area (Å²) in [5, 5.41) is 0. The van der Waals surface area contributed by atoms with Crippen LogP contribution in [-0.4, -0.2) is 53.3 Å². The molecule has 2 saturated carbocycles. The zero-order valence-electron chi connectivity index (χ0n) is 14.9. The Morgan fingerprint density at radius 3 is 2.64 bits per heavy atom. The van der Waals surface area contributed by atoms with Crippen LogP contribution in [-0.2, 0) is 4.79 Å². The van der Waals surface area contributed by atoms with Crippen molar-refractivity contribution in [2.75, 3.05) is 19.6 Å². The summed E-state index contributed by atoms with van der Waals surface area (Å²) in [5.41, 5.74) is 6.96. The fourth-order valence-corrected chi connectivity index (χ4v) is 4.37. The number of rotatable bonds is 4. The Balaban J connectivity index is 1.38. The Morgan fingerprint density at radius 1 is 1.20 bits per heavy atom. The van der Waals surface area contributed by atoms with Crippen LogP contribution in [0.1, 0.15) is 54.4 Å². The Hall–Kier alpha value is -1.88. The van der Waals surface area contributed by atoms with Crippen molar-refractivity contribution in [1.82, 2.24) is 9.80 Å². The quantitative estimate of drug-likeness (QED) is 0.910. The van der Waals surface area contributed by atoms with Crippen LogP contribution in [0.15, 0.2) is 24.3 Å². The number of hydrogen-bond acceptors (Lipinski definition) is 3. The van der Waals surface area contributed by atoms with Crippen molar-refractivity contribution in [2.24, 2.45) is 11.7 Å². The second kappa shape index (κ2) is 6.45. The molecule has 1 heterocycles. The van der Waals surface area contributed by atoms with Gasteiger partial charge in [0, 0.05) is 43.2 Å². The number of carbonyl (C=O) groups excluding carboxylic acids is 2. The summed E-state index contributed by atoms with van der Waals surface area (Å²) in [7, 11) is 0. The van der Waals surface area contributed by atoms with Crippen LogP contribution in [0.5, 0.6) is 0 Å². The molecule has 1 aromatic rings. The minimum absolute atomic E-state index is 0.0702. The molecule has 0 radical (unpaired) electrons. The lowest BCUT2D eigenvalue weighted by Crippen LogP contribution is -2.58. The third kappa shape index (κ3) is 3.17. The maximum Gasteiger partial charge on any atom is 0.248 e. The molecule has 1 aliphatic heterocycles. The first-order chi connectivity index (χ1) is 12.0. The van der Waals surface area contributed by atoms with Gasteiger partial charge < -0.3 is 10.6 Å². The van der Waals surface area contributed by atoms with Crippen LogP contribution in [0, 0.1) is 5.92 Å². The van der Waals surface area contributed by atoms with E-state index < -0.39 is 5.91 Å². The van der Waals surface area contributed by atoms with Crippen molar-refractivity contribution in [3.63, 3.8) is 0 Å². The van der Waals surface area contributed by atoms with Crippen LogP contribution in [0.3, 0.4) is 0 Å². The summed E-state index contributed by atoms with van der Waals surface area (Å²) in [6, 6.07) is 8.48. The van der Waals surface area contributed by atoms with Crippen molar-refractivity contribution in [3.8, 4) is 0 Å². The lowest BCUT2D eigenvalue weighted by Gasteiger charge is -2.46. The number of carbonyl (C=O) groups is 2. The maximum absolute atomic E-state index is 12.9. The van der Waals surface area contributed by atoms with Crippen LogP contribution in [0.25, 0.3) is 0 Å². The molecule has 1 aromatic carbocycles. The molecule has 0 bridgehead atoms. The summed E-state index contributed by atoms with van der Waals surface area (Å²) in [4.78, 5) is 29.0. The van der Waals surface area contributed by atoms with Gasteiger partial charge in [0.25, 0.3) is 0 Å². The molecule has 5 heteroatoms. The van der Waals surface area contributed by atoms with E-state index in [4.69, 9.17) is 5.73 Å². The van der Waals surface area contributed by atoms with Gasteiger partial charge >= 0.3 is 0 Å². The number of hydrogen-bond donors (Lipinski definition) is 1. The number of primary amides is 1. The fraction of sp³-hybridized carbons (Fsp3) is 0.600. The van der Waals surface area contributed by atoms with Gasteiger partial charge in [0.1, 0.15) is 0 Å². The summed E-state index contributed by atoms with van der Waals surface area (Å²) >= 11 is 0. The van der Waals surface area contributed by atoms with E-state index >= 15 is 0 Å². The molecule has 4 rings (SSSR count). The lowest BCUT2D eigenvalue weighted by molar-refractivity contribution is -0.138. The first kappa shape index (κ1) is 16.6. The van der Waals surface area contributed by atoms with Gasteiger partial charge in [-0.1, -0.05) is 18.6 Å². The van der Waals surface area contributed by atoms with Crippen LogP contribution in [0.2, 0.25) is 0 Å². The highest BCUT2D eigenvalue weighted by Crippen LogP contribution is 2.49. The molecule has 0 spiro atoms. The average Bonchev–Trinajstić information content (AvgIpc) is 3.33. The predicted molar refractivity (Wildman–Crippen MR) is 96.2 cm³/mol. The highest BCUT2D eigenvalue weighted by molar-refractivity contribution is 5.93. The monoisotopic (exact) mass is 341 g/mol. The first-order valence-corrected chi connectivity index (χ1v) is 9.49. The van der Waals surface area contributed by atoms with Crippen molar-refractivity contribution in [2.45, 2.75) is 50.6 Å². The standard InChI is InChI=1S/C20H27N3O2/c1-13-12-22(16-6-3-7-16)8-9-23(13)20(25)18-11-17(18)14-4-2-5-15(10-14)19(21)24/h2,4-5,10,13,16-18H,3,6-9,11-12H2,1H3,(H2,21,24)/t13-,17+,18-/m1/s1. The highest BCUT2D eigenvalue weighted by atomic mass is 16.2. The van der Waals surface area contributed by atoms with Gasteiger partial charge in [0.15, 0.2) is 0 Å². The Morgan fingerprint density at radius 2 is 2.00 bits per heavy atom. The number of benzene rings is 1. The van der Waals surface area contributed by atoms with E-state index in [1.54, 1.807) is 6.07 Å². The van der Waals surface area contributed by atoms with Gasteiger partial charge in [-0.05, 0) is 49.8 Å². The van der Waals surface area contributed by atoms with Gasteiger partial charge in [0.05, 0.1) is 0 Å². The zero-order chi connectivity index (χ0) is 17.6. The minimum atomic E-state index is -0.411. The molecule has 3 atom stereocenters. The van der Waals surface area contributed by atoms with Crippen LogP contribution < -0.4 is 5.73 Å². The molecule has 0 unspecified atom stereocenters. The smallest absolute Gasteiger partial charge is 0.248 e. The van der Waals surface area contributed by atoms with Gasteiger partial charge in [0.2, 0.25) is 11.8 Å². The van der Waals surface area contributed by atoms with Gasteiger partial charge in [-0.2, -0.15) is 0 Å². The van der Waals surface area contributed by atoms with E-state index in [1.165, 1.54) is 19.3 Å². The number of nitrogens with zero attached hydrogens (tertiary/aromatic N) is 2. The Labute approximate surface area is 149 Å². The van der Waals surface area contributed by atoms with Crippen molar-refractivity contribution >= 4 is 11.8 Å². The van der Waals surface area contributed by atoms with Crippen molar-refractivity contribution in [3.05, 3.63) is 35.4 Å². The zero-order valence-corrected chi connectivity index (χ0v) is 14.9. The number of nitrogens with two attached hydrogens (primary N) is 1. The third-order valence-electron chi connectivity index (χ3n) is 6.24. The molecule has 134 valence electrons. The fourth-order valence-electron chi connectivity index (χ4n) is 4.37. The predicted octanol–water partition coefficient (Wildman–Crippen LogP) is 1.97. The molecule has 2 N–H and O–H groups in total. The van der Waals surface area contributed by atoms with E-state index in [-0.39, 0.29) is 17.7 Å². The van der Waals surface area contributed by atoms with Gasteiger partial charge in [-0.25, -0.2) is 0 Å². The molecule has 5 nitrogen and oxygen atoms in total. The molecule has 2 amide bonds. The average molecular weight is 341 g/mol. The largest absolute Gasteiger partial charge is 0.366 e. The van der Waals surface area contributed by atoms with Gasteiger partial charge in [-0.3, -0.25) is 14.5 Å². The molecular weight excluding hydrogens is 314 g/mol. The molecule has 0 aromatic heterocycles.